The van der Waals surface area contributed by atoms with Crippen molar-refractivity contribution in [2.45, 2.75) is 6.54 Å². The molecular formula is C15H24N4O. The van der Waals surface area contributed by atoms with E-state index in [2.05, 4.69) is 16.8 Å². The van der Waals surface area contributed by atoms with Gasteiger partial charge in [0.15, 0.2) is 0 Å². The van der Waals surface area contributed by atoms with Gasteiger partial charge < -0.3 is 15.5 Å². The number of rotatable bonds is 3. The van der Waals surface area contributed by atoms with E-state index in [0.29, 0.717) is 11.3 Å². The maximum Gasteiger partial charge on any atom is 0.253 e. The van der Waals surface area contributed by atoms with Crippen molar-refractivity contribution in [3.05, 3.63) is 29.3 Å². The molecule has 1 aliphatic rings. The van der Waals surface area contributed by atoms with Gasteiger partial charge in [-0.25, -0.2) is 0 Å². The summed E-state index contributed by atoms with van der Waals surface area (Å²) < 4.78 is 0. The maximum atomic E-state index is 11.9. The van der Waals surface area contributed by atoms with Crippen LogP contribution < -0.4 is 5.73 Å². The highest BCUT2D eigenvalue weighted by atomic mass is 16.2. The average Bonchev–Trinajstić information content (AvgIpc) is 2.42. The third-order valence-corrected chi connectivity index (χ3v) is 3.79. The predicted molar refractivity (Wildman–Crippen MR) is 81.6 cm³/mol. The Kier molecular flexibility index (Phi) is 4.62. The summed E-state index contributed by atoms with van der Waals surface area (Å²) in [5.41, 5.74) is 8.55. The minimum Gasteiger partial charge on any atom is -0.398 e. The van der Waals surface area contributed by atoms with Crippen LogP contribution in [0.2, 0.25) is 0 Å². The number of likely N-dealkylation sites (N-methyl/N-ethyl adjacent to an activating group) is 1. The molecule has 0 aromatic heterocycles. The van der Waals surface area contributed by atoms with Crippen molar-refractivity contribution in [2.24, 2.45) is 0 Å². The molecule has 1 saturated heterocycles. The lowest BCUT2D eigenvalue weighted by molar-refractivity contribution is 0.0827. The number of nitrogens with zero attached hydrogens (tertiary/aromatic N) is 3. The first-order valence-corrected chi connectivity index (χ1v) is 6.98. The van der Waals surface area contributed by atoms with Crippen molar-refractivity contribution in [2.75, 3.05) is 53.1 Å². The lowest BCUT2D eigenvalue weighted by Gasteiger charge is -2.32. The van der Waals surface area contributed by atoms with Crippen molar-refractivity contribution >= 4 is 11.6 Å². The smallest absolute Gasteiger partial charge is 0.253 e. The van der Waals surface area contributed by atoms with Crippen LogP contribution in [0, 0.1) is 0 Å². The normalized spacial score (nSPS) is 17.1. The molecular weight excluding hydrogens is 252 g/mol. The third kappa shape index (κ3) is 3.49. The van der Waals surface area contributed by atoms with Crippen LogP contribution in [0.15, 0.2) is 18.2 Å². The van der Waals surface area contributed by atoms with E-state index in [1.165, 1.54) is 0 Å². The number of hydrogen-bond donors (Lipinski definition) is 1. The molecule has 0 saturated carbocycles. The Hall–Kier alpha value is -1.59. The third-order valence-electron chi connectivity index (χ3n) is 3.79. The molecule has 1 heterocycles. The molecule has 1 aliphatic heterocycles. The van der Waals surface area contributed by atoms with Gasteiger partial charge in [0.1, 0.15) is 0 Å². The molecule has 0 atom stereocenters. The number of hydrogen-bond acceptors (Lipinski definition) is 4. The highest BCUT2D eigenvalue weighted by Gasteiger charge is 2.16. The Balaban J connectivity index is 2.04. The first kappa shape index (κ1) is 14.8. The number of carbonyl (C=O) groups excluding carboxylic acids is 1. The summed E-state index contributed by atoms with van der Waals surface area (Å²) >= 11 is 0. The van der Waals surface area contributed by atoms with Gasteiger partial charge in [0.05, 0.1) is 0 Å². The molecule has 0 aliphatic carbocycles. The fourth-order valence-corrected chi connectivity index (χ4v) is 2.38. The van der Waals surface area contributed by atoms with Crippen LogP contribution in [-0.2, 0) is 6.54 Å². The molecule has 1 aromatic carbocycles. The van der Waals surface area contributed by atoms with Gasteiger partial charge >= 0.3 is 0 Å². The molecule has 0 spiro atoms. The van der Waals surface area contributed by atoms with E-state index in [9.17, 15) is 4.79 Å². The minimum absolute atomic E-state index is 0.0113. The second-order valence-electron chi connectivity index (χ2n) is 5.69. The molecule has 0 bridgehead atoms. The molecule has 0 unspecified atom stereocenters. The van der Waals surface area contributed by atoms with Crippen molar-refractivity contribution in [3.63, 3.8) is 0 Å². The topological polar surface area (TPSA) is 52.8 Å². The van der Waals surface area contributed by atoms with Gasteiger partial charge in [-0.3, -0.25) is 9.69 Å². The standard InChI is InChI=1S/C15H24N4O/c1-17(2)15(20)12-4-5-13(14(16)10-12)11-19-8-6-18(3)7-9-19/h4-5,10H,6-9,11,16H2,1-3H3. The van der Waals surface area contributed by atoms with Crippen molar-refractivity contribution < 1.29 is 4.79 Å². The number of nitrogen functional groups attached to an aromatic ring is 1. The van der Waals surface area contributed by atoms with Crippen LogP contribution in [0.1, 0.15) is 15.9 Å². The molecule has 110 valence electrons. The lowest BCUT2D eigenvalue weighted by atomic mass is 10.1. The largest absolute Gasteiger partial charge is 0.398 e. The van der Waals surface area contributed by atoms with Crippen LogP contribution in [0.25, 0.3) is 0 Å². The van der Waals surface area contributed by atoms with Crippen LogP contribution in [0.4, 0.5) is 5.69 Å². The molecule has 1 fully saturated rings. The van der Waals surface area contributed by atoms with Crippen LogP contribution in [0.3, 0.4) is 0 Å². The molecule has 2 N–H and O–H groups in total. The summed E-state index contributed by atoms with van der Waals surface area (Å²) in [6.07, 6.45) is 0. The quantitative estimate of drug-likeness (QED) is 0.827. The van der Waals surface area contributed by atoms with Crippen LogP contribution in [-0.4, -0.2) is 67.9 Å². The van der Waals surface area contributed by atoms with Crippen molar-refractivity contribution in [3.8, 4) is 0 Å². The first-order chi connectivity index (χ1) is 9.47. The van der Waals surface area contributed by atoms with E-state index < -0.39 is 0 Å². The van der Waals surface area contributed by atoms with E-state index in [1.54, 1.807) is 25.1 Å². The highest BCUT2D eigenvalue weighted by molar-refractivity contribution is 5.94. The van der Waals surface area contributed by atoms with E-state index in [4.69, 9.17) is 5.73 Å². The van der Waals surface area contributed by atoms with Gasteiger partial charge in [-0.2, -0.15) is 0 Å². The van der Waals surface area contributed by atoms with E-state index in [1.807, 2.05) is 12.1 Å². The van der Waals surface area contributed by atoms with Gasteiger partial charge in [-0.15, -0.1) is 0 Å². The second-order valence-corrected chi connectivity index (χ2v) is 5.69. The van der Waals surface area contributed by atoms with E-state index in [-0.39, 0.29) is 5.91 Å². The zero-order valence-electron chi connectivity index (χ0n) is 12.6. The molecule has 5 heteroatoms. The molecule has 20 heavy (non-hydrogen) atoms. The average molecular weight is 276 g/mol. The Morgan fingerprint density at radius 3 is 2.45 bits per heavy atom. The van der Waals surface area contributed by atoms with Crippen molar-refractivity contribution in [1.29, 1.82) is 0 Å². The van der Waals surface area contributed by atoms with Gasteiger partial charge in [0.2, 0.25) is 0 Å². The SMILES string of the molecule is CN1CCN(Cc2ccc(C(=O)N(C)C)cc2N)CC1. The summed E-state index contributed by atoms with van der Waals surface area (Å²) in [7, 11) is 5.64. The van der Waals surface area contributed by atoms with Crippen LogP contribution >= 0.6 is 0 Å². The Morgan fingerprint density at radius 2 is 1.90 bits per heavy atom. The van der Waals surface area contributed by atoms with Gasteiger partial charge in [0.25, 0.3) is 5.91 Å². The number of amides is 1. The van der Waals surface area contributed by atoms with E-state index in [0.717, 1.165) is 38.3 Å². The number of benzene rings is 1. The Morgan fingerprint density at radius 1 is 1.25 bits per heavy atom. The Bertz CT molecular complexity index is 479. The van der Waals surface area contributed by atoms with Crippen LogP contribution in [0.5, 0.6) is 0 Å². The maximum absolute atomic E-state index is 11.9. The highest BCUT2D eigenvalue weighted by Crippen LogP contribution is 2.18. The number of nitrogens with two attached hydrogens (primary N) is 1. The zero-order valence-corrected chi connectivity index (χ0v) is 12.6. The van der Waals surface area contributed by atoms with Gasteiger partial charge in [-0.05, 0) is 24.7 Å². The van der Waals surface area contributed by atoms with Gasteiger partial charge in [0, 0.05) is 58.1 Å². The second kappa shape index (κ2) is 6.24. The zero-order chi connectivity index (χ0) is 14.7. The summed E-state index contributed by atoms with van der Waals surface area (Å²) in [5, 5.41) is 0. The Labute approximate surface area is 120 Å². The number of piperazine rings is 1. The monoisotopic (exact) mass is 276 g/mol. The predicted octanol–water partition coefficient (Wildman–Crippen LogP) is 0.718. The fourth-order valence-electron chi connectivity index (χ4n) is 2.38. The summed E-state index contributed by atoms with van der Waals surface area (Å²) in [6, 6.07) is 5.63. The first-order valence-electron chi connectivity index (χ1n) is 6.98. The fraction of sp³-hybridized carbons (Fsp3) is 0.533. The summed E-state index contributed by atoms with van der Waals surface area (Å²) in [6.45, 7) is 5.17. The summed E-state index contributed by atoms with van der Waals surface area (Å²) in [4.78, 5) is 18.2. The van der Waals surface area contributed by atoms with Gasteiger partial charge in [-0.1, -0.05) is 6.07 Å². The molecule has 2 rings (SSSR count). The molecule has 5 nitrogen and oxygen atoms in total. The molecule has 1 amide bonds. The lowest BCUT2D eigenvalue weighted by Crippen LogP contribution is -2.43. The minimum atomic E-state index is -0.0113. The summed E-state index contributed by atoms with van der Waals surface area (Å²) in [5.74, 6) is -0.0113. The number of carbonyl (C=O) groups is 1. The number of anilines is 1. The van der Waals surface area contributed by atoms with Crippen molar-refractivity contribution in [1.82, 2.24) is 14.7 Å². The molecule has 1 aromatic rings. The van der Waals surface area contributed by atoms with E-state index >= 15 is 0 Å². The molecule has 0 radical (unpaired) electrons.